The van der Waals surface area contributed by atoms with Crippen LogP contribution in [0.5, 0.6) is 0 Å². The molecule has 2 saturated heterocycles. The van der Waals surface area contributed by atoms with Gasteiger partial charge in [-0.25, -0.2) is 4.90 Å². The quantitative estimate of drug-likeness (QED) is 0.666. The maximum Gasteiger partial charge on any atom is 0.237 e. The molecule has 4 rings (SSSR count). The maximum atomic E-state index is 12.6. The highest BCUT2D eigenvalue weighted by Gasteiger charge is 2.48. The minimum Gasteiger partial charge on any atom is -0.317 e. The topological polar surface area (TPSA) is 41.8 Å². The molecule has 0 radical (unpaired) electrons. The molecule has 2 amide bonds. The predicted molar refractivity (Wildman–Crippen MR) is 95.6 cm³/mol. The van der Waals surface area contributed by atoms with E-state index in [4.69, 9.17) is 0 Å². The molecule has 0 spiro atoms. The number of hydrogen-bond donors (Lipinski definition) is 1. The van der Waals surface area contributed by atoms with Crippen LogP contribution < -0.4 is 4.90 Å². The van der Waals surface area contributed by atoms with Gasteiger partial charge in [-0.3, -0.25) is 9.59 Å². The number of nitrogens with zero attached hydrogens (tertiary/aromatic N) is 1. The predicted octanol–water partition coefficient (Wildman–Crippen LogP) is 1.43. The van der Waals surface area contributed by atoms with Crippen molar-refractivity contribution >= 4 is 11.8 Å². The summed E-state index contributed by atoms with van der Waals surface area (Å²) in [5.41, 5.74) is 1.41. The number of likely N-dealkylation sites (tertiary alicyclic amines) is 2. The summed E-state index contributed by atoms with van der Waals surface area (Å²) in [4.78, 5) is 28.1. The third kappa shape index (κ3) is 3.40. The number of rotatable bonds is 4. The van der Waals surface area contributed by atoms with Crippen LogP contribution in [0.25, 0.3) is 0 Å². The van der Waals surface area contributed by atoms with E-state index in [2.05, 4.69) is 42.5 Å². The summed E-state index contributed by atoms with van der Waals surface area (Å²) in [6.45, 7) is 2.69. The molecule has 0 saturated carbocycles. The molecule has 2 aliphatic heterocycles. The average Bonchev–Trinajstić information content (AvgIpc) is 2.89. The summed E-state index contributed by atoms with van der Waals surface area (Å²) in [6, 6.07) is 10.7. The first-order valence-corrected chi connectivity index (χ1v) is 9.60. The lowest BCUT2D eigenvalue weighted by Crippen LogP contribution is -3.14. The van der Waals surface area contributed by atoms with Gasteiger partial charge < -0.3 is 4.90 Å². The molecule has 1 aliphatic carbocycles. The first-order chi connectivity index (χ1) is 12.2. The van der Waals surface area contributed by atoms with Gasteiger partial charge in [0, 0.05) is 0 Å². The second kappa shape index (κ2) is 7.12. The number of benzene rings is 1. The fraction of sp³-hybridized carbons (Fsp3) is 0.524. The Bertz CT molecular complexity index is 636. The first kappa shape index (κ1) is 16.5. The Morgan fingerprint density at radius 1 is 0.920 bits per heavy atom. The van der Waals surface area contributed by atoms with E-state index >= 15 is 0 Å². The van der Waals surface area contributed by atoms with E-state index in [1.807, 2.05) is 0 Å². The number of carbonyl (C=O) groups is 2. The van der Waals surface area contributed by atoms with Crippen molar-refractivity contribution in [2.24, 2.45) is 17.8 Å². The third-order valence-electron chi connectivity index (χ3n) is 6.16. The molecular formula is C21H27N2O2+. The monoisotopic (exact) mass is 339 g/mol. The van der Waals surface area contributed by atoms with Crippen LogP contribution in [0.3, 0.4) is 0 Å². The minimum atomic E-state index is -0.0903. The van der Waals surface area contributed by atoms with Crippen molar-refractivity contribution in [3.05, 3.63) is 48.0 Å². The van der Waals surface area contributed by atoms with E-state index in [0.29, 0.717) is 6.67 Å². The van der Waals surface area contributed by atoms with Gasteiger partial charge in [-0.05, 0) is 43.6 Å². The van der Waals surface area contributed by atoms with Gasteiger partial charge in [-0.15, -0.1) is 0 Å². The molecule has 1 aromatic carbocycles. The Balaban J connectivity index is 1.30. The van der Waals surface area contributed by atoms with Crippen molar-refractivity contribution in [2.75, 3.05) is 19.8 Å². The number of quaternary nitrogens is 1. The Labute approximate surface area is 149 Å². The number of amides is 2. The van der Waals surface area contributed by atoms with E-state index < -0.39 is 0 Å². The Morgan fingerprint density at radius 3 is 2.12 bits per heavy atom. The van der Waals surface area contributed by atoms with Crippen LogP contribution in [-0.2, 0) is 16.0 Å². The molecule has 1 aromatic rings. The molecular weight excluding hydrogens is 312 g/mol. The molecule has 4 nitrogen and oxygen atoms in total. The van der Waals surface area contributed by atoms with E-state index in [0.717, 1.165) is 38.3 Å². The highest BCUT2D eigenvalue weighted by molar-refractivity contribution is 6.05. The molecule has 2 heterocycles. The Kier molecular flexibility index (Phi) is 4.71. The van der Waals surface area contributed by atoms with Gasteiger partial charge in [0.05, 0.1) is 24.9 Å². The molecule has 4 heteroatoms. The Morgan fingerprint density at radius 2 is 1.52 bits per heavy atom. The van der Waals surface area contributed by atoms with E-state index in [-0.39, 0.29) is 23.7 Å². The van der Waals surface area contributed by atoms with Crippen LogP contribution in [0, 0.1) is 17.8 Å². The first-order valence-electron chi connectivity index (χ1n) is 9.60. The summed E-state index contributed by atoms with van der Waals surface area (Å²) in [5.74, 6) is 0.680. The smallest absolute Gasteiger partial charge is 0.237 e. The molecule has 0 bridgehead atoms. The summed E-state index contributed by atoms with van der Waals surface area (Å²) in [7, 11) is 0. The van der Waals surface area contributed by atoms with Crippen LogP contribution in [-0.4, -0.2) is 36.5 Å². The lowest BCUT2D eigenvalue weighted by atomic mass is 9.85. The number of carbonyl (C=O) groups excluding carboxylic acids is 2. The van der Waals surface area contributed by atoms with Gasteiger partial charge in [0.2, 0.25) is 11.8 Å². The minimum absolute atomic E-state index is 0.0678. The number of nitrogens with one attached hydrogen (secondary N) is 1. The summed E-state index contributed by atoms with van der Waals surface area (Å²) >= 11 is 0. The molecule has 0 aromatic heterocycles. The van der Waals surface area contributed by atoms with Gasteiger partial charge >= 0.3 is 0 Å². The lowest BCUT2D eigenvalue weighted by Gasteiger charge is -2.31. The molecule has 132 valence electrons. The van der Waals surface area contributed by atoms with Crippen LogP contribution in [0.1, 0.15) is 31.2 Å². The highest BCUT2D eigenvalue weighted by atomic mass is 16.2. The summed E-state index contributed by atoms with van der Waals surface area (Å²) in [6.07, 6.45) is 9.07. The average molecular weight is 339 g/mol. The molecule has 2 atom stereocenters. The molecule has 1 N–H and O–H groups in total. The fourth-order valence-electron chi connectivity index (χ4n) is 4.64. The zero-order chi connectivity index (χ0) is 17.2. The molecule has 2 fully saturated rings. The van der Waals surface area contributed by atoms with Gasteiger partial charge in [0.25, 0.3) is 0 Å². The second-order valence-corrected chi connectivity index (χ2v) is 7.80. The molecule has 25 heavy (non-hydrogen) atoms. The van der Waals surface area contributed by atoms with E-state index in [1.54, 1.807) is 4.90 Å². The standard InChI is InChI=1S/C21H26N2O2/c24-20-18-8-4-5-9-19(18)21(25)23(20)15-22-12-10-17(11-13-22)14-16-6-2-1-3-7-16/h1-7,17-19H,8-15H2/p+1/t18-,19-/m0/s1. The normalized spacial score (nSPS) is 32.1. The van der Waals surface area contributed by atoms with E-state index in [1.165, 1.54) is 23.3 Å². The lowest BCUT2D eigenvalue weighted by molar-refractivity contribution is -0.913. The third-order valence-corrected chi connectivity index (χ3v) is 6.16. The van der Waals surface area contributed by atoms with Crippen molar-refractivity contribution in [2.45, 2.75) is 32.1 Å². The van der Waals surface area contributed by atoms with Crippen molar-refractivity contribution in [3.63, 3.8) is 0 Å². The fourth-order valence-corrected chi connectivity index (χ4v) is 4.64. The van der Waals surface area contributed by atoms with Crippen molar-refractivity contribution in [1.82, 2.24) is 4.90 Å². The van der Waals surface area contributed by atoms with Crippen LogP contribution in [0.15, 0.2) is 42.5 Å². The summed E-state index contributed by atoms with van der Waals surface area (Å²) in [5, 5.41) is 0. The van der Waals surface area contributed by atoms with Crippen molar-refractivity contribution in [3.8, 4) is 0 Å². The number of fused-ring (bicyclic) bond motifs is 1. The molecule has 3 aliphatic rings. The zero-order valence-corrected chi connectivity index (χ0v) is 14.7. The van der Waals surface area contributed by atoms with E-state index in [9.17, 15) is 9.59 Å². The van der Waals surface area contributed by atoms with Gasteiger partial charge in [-0.2, -0.15) is 0 Å². The number of allylic oxidation sites excluding steroid dienone is 2. The number of imide groups is 1. The van der Waals surface area contributed by atoms with Crippen LogP contribution in [0.2, 0.25) is 0 Å². The summed E-state index contributed by atoms with van der Waals surface area (Å²) < 4.78 is 0. The Hall–Kier alpha value is -1.94. The van der Waals surface area contributed by atoms with Crippen LogP contribution in [0.4, 0.5) is 0 Å². The second-order valence-electron chi connectivity index (χ2n) is 7.80. The molecule has 0 unspecified atom stereocenters. The number of hydrogen-bond acceptors (Lipinski definition) is 2. The maximum absolute atomic E-state index is 12.6. The van der Waals surface area contributed by atoms with Crippen molar-refractivity contribution < 1.29 is 14.5 Å². The van der Waals surface area contributed by atoms with Crippen molar-refractivity contribution in [1.29, 1.82) is 0 Å². The highest BCUT2D eigenvalue weighted by Crippen LogP contribution is 2.34. The largest absolute Gasteiger partial charge is 0.317 e. The SMILES string of the molecule is O=C1[C@H]2CC=CC[C@@H]2C(=O)N1C[NH+]1CCC(Cc2ccccc2)CC1. The van der Waals surface area contributed by atoms with Gasteiger partial charge in [-0.1, -0.05) is 42.5 Å². The zero-order valence-electron chi connectivity index (χ0n) is 14.7. The van der Waals surface area contributed by atoms with Gasteiger partial charge in [0.1, 0.15) is 0 Å². The van der Waals surface area contributed by atoms with Crippen LogP contribution >= 0.6 is 0 Å². The van der Waals surface area contributed by atoms with Gasteiger partial charge in [0.15, 0.2) is 6.67 Å². The number of piperidine rings is 1.